The molecule has 176 valence electrons. The summed E-state index contributed by atoms with van der Waals surface area (Å²) in [4.78, 5) is 25.6. The zero-order chi connectivity index (χ0) is 23.4. The van der Waals surface area contributed by atoms with Gasteiger partial charge in [0, 0.05) is 0 Å². The summed E-state index contributed by atoms with van der Waals surface area (Å²) in [6.45, 7) is 0. The number of phosphoric acid groups is 1. The Balaban J connectivity index is -0.000000189. The minimum Gasteiger partial charge on any atom is -0.822 e. The van der Waals surface area contributed by atoms with E-state index in [1.54, 1.807) is 0 Å². The van der Waals surface area contributed by atoms with Crippen LogP contribution >= 0.6 is 7.82 Å². The molecule has 0 aliphatic heterocycles. The van der Waals surface area contributed by atoms with Gasteiger partial charge in [0.2, 0.25) is 0 Å². The van der Waals surface area contributed by atoms with E-state index in [-0.39, 0.29) is 154 Å². The summed E-state index contributed by atoms with van der Waals surface area (Å²) in [6.07, 6.45) is -19.7. The number of aliphatic hydroxyl groups is 12. The molecular formula is C12H24K3O16P. The van der Waals surface area contributed by atoms with Crippen LogP contribution in [0.2, 0.25) is 0 Å². The molecule has 0 radical (unpaired) electrons. The zero-order valence-corrected chi connectivity index (χ0v) is 27.6. The third-order valence-corrected chi connectivity index (χ3v) is 4.20. The van der Waals surface area contributed by atoms with Crippen molar-refractivity contribution in [3.63, 3.8) is 0 Å². The zero-order valence-electron chi connectivity index (χ0n) is 17.4. The Morgan fingerprint density at radius 3 is 0.406 bits per heavy atom. The summed E-state index contributed by atoms with van der Waals surface area (Å²) in [6, 6.07) is 0. The second-order valence-electron chi connectivity index (χ2n) is 6.33. The Morgan fingerprint density at radius 1 is 0.344 bits per heavy atom. The molecule has 0 atom stereocenters. The van der Waals surface area contributed by atoms with Crippen LogP contribution in [0.3, 0.4) is 0 Å². The number of hydrogen-bond acceptors (Lipinski definition) is 16. The first-order valence-corrected chi connectivity index (χ1v) is 9.29. The van der Waals surface area contributed by atoms with E-state index in [0.717, 1.165) is 0 Å². The first-order chi connectivity index (χ1) is 12.9. The number of aliphatic hydroxyl groups excluding tert-OH is 12. The molecule has 0 saturated heterocycles. The minimum absolute atomic E-state index is 0. The Hall–Kier alpha value is 4.54. The van der Waals surface area contributed by atoms with Crippen molar-refractivity contribution in [3.05, 3.63) is 0 Å². The molecule has 20 heteroatoms. The number of hydrogen-bond donors (Lipinski definition) is 12. The molecule has 0 amide bonds. The summed E-state index contributed by atoms with van der Waals surface area (Å²) < 4.78 is 8.55. The molecule has 2 saturated carbocycles. The maximum Gasteiger partial charge on any atom is 1.00 e. The minimum atomic E-state index is -5.39. The van der Waals surface area contributed by atoms with E-state index in [9.17, 15) is 0 Å². The Kier molecular flexibility index (Phi) is 26.7. The second kappa shape index (κ2) is 19.6. The molecule has 0 bridgehead atoms. The molecule has 0 aromatic rings. The standard InChI is InChI=1S/2C6H12O6.3K.H3O4P/c2*7-1-2(8)4(10)6(12)5(11)3(1)9;;;;1-5(2,3)4/h2*1-12H;;;;(H3,1,2,3,4)/q;;3*+1;/p-3. The molecule has 0 aromatic heterocycles. The average molecular weight is 573 g/mol. The molecule has 32 heavy (non-hydrogen) atoms. The van der Waals surface area contributed by atoms with Crippen LogP contribution in [0.25, 0.3) is 0 Å². The van der Waals surface area contributed by atoms with Crippen LogP contribution in [0.15, 0.2) is 0 Å². The van der Waals surface area contributed by atoms with Gasteiger partial charge in [0.1, 0.15) is 73.2 Å². The van der Waals surface area contributed by atoms with Crippen molar-refractivity contribution in [1.82, 2.24) is 0 Å². The Labute approximate surface area is 309 Å². The van der Waals surface area contributed by atoms with Gasteiger partial charge < -0.3 is 80.5 Å². The maximum atomic E-state index is 8.97. The fourth-order valence-corrected chi connectivity index (χ4v) is 2.42. The molecule has 16 nitrogen and oxygen atoms in total. The van der Waals surface area contributed by atoms with Gasteiger partial charge in [0.25, 0.3) is 0 Å². The third-order valence-electron chi connectivity index (χ3n) is 4.20. The predicted octanol–water partition coefficient (Wildman–Crippen LogP) is -19.5. The van der Waals surface area contributed by atoms with Crippen LogP contribution in [0.4, 0.5) is 0 Å². The van der Waals surface area contributed by atoms with Crippen LogP contribution in [0.1, 0.15) is 0 Å². The van der Waals surface area contributed by atoms with Crippen LogP contribution in [-0.4, -0.2) is 135 Å². The fraction of sp³-hybridized carbons (Fsp3) is 1.00. The van der Waals surface area contributed by atoms with Gasteiger partial charge in [-0.2, -0.15) is 7.82 Å². The Morgan fingerprint density at radius 2 is 0.375 bits per heavy atom. The molecule has 2 aliphatic rings. The van der Waals surface area contributed by atoms with E-state index in [0.29, 0.717) is 0 Å². The maximum absolute atomic E-state index is 8.97. The van der Waals surface area contributed by atoms with Crippen molar-refractivity contribution >= 4 is 7.82 Å². The van der Waals surface area contributed by atoms with Crippen molar-refractivity contribution in [3.8, 4) is 0 Å². The van der Waals surface area contributed by atoms with Crippen LogP contribution in [0.5, 0.6) is 0 Å². The number of rotatable bonds is 0. The molecule has 2 fully saturated rings. The molecule has 2 rings (SSSR count). The first kappa shape index (κ1) is 43.6. The van der Waals surface area contributed by atoms with Gasteiger partial charge in [-0.15, -0.1) is 0 Å². The van der Waals surface area contributed by atoms with Gasteiger partial charge in [-0.25, -0.2) is 0 Å². The van der Waals surface area contributed by atoms with Crippen LogP contribution < -0.4 is 169 Å². The van der Waals surface area contributed by atoms with Crippen molar-refractivity contribution in [1.29, 1.82) is 0 Å². The molecule has 0 aromatic carbocycles. The smallest absolute Gasteiger partial charge is 0.822 e. The van der Waals surface area contributed by atoms with Crippen LogP contribution in [-0.2, 0) is 4.57 Å². The fourth-order valence-electron chi connectivity index (χ4n) is 2.42. The SMILES string of the molecule is O=P([O-])([O-])[O-].OC1C(O)C(O)C(O)C(O)C1O.OC1C(O)C(O)C(O)C(O)C1O.[K+].[K+].[K+]. The van der Waals surface area contributed by atoms with E-state index in [1.165, 1.54) is 0 Å². The summed E-state index contributed by atoms with van der Waals surface area (Å²) in [5.41, 5.74) is 0. The average Bonchev–Trinajstić information content (AvgIpc) is 2.64. The first-order valence-electron chi connectivity index (χ1n) is 7.83. The largest absolute Gasteiger partial charge is 1.00 e. The molecular weight excluding hydrogens is 548 g/mol. The van der Waals surface area contributed by atoms with Gasteiger partial charge in [0.15, 0.2) is 0 Å². The van der Waals surface area contributed by atoms with Crippen molar-refractivity contribution < 1.29 is 235 Å². The van der Waals surface area contributed by atoms with E-state index in [2.05, 4.69) is 0 Å². The molecule has 12 N–H and O–H groups in total. The van der Waals surface area contributed by atoms with Crippen molar-refractivity contribution in [2.45, 2.75) is 73.2 Å². The molecule has 0 heterocycles. The van der Waals surface area contributed by atoms with Gasteiger partial charge in [-0.3, -0.25) is 0 Å². The third kappa shape index (κ3) is 14.1. The van der Waals surface area contributed by atoms with E-state index in [4.69, 9.17) is 80.5 Å². The predicted molar refractivity (Wildman–Crippen MR) is 79.7 cm³/mol. The summed E-state index contributed by atoms with van der Waals surface area (Å²) in [5.74, 6) is 0. The van der Waals surface area contributed by atoms with E-state index >= 15 is 0 Å². The summed E-state index contributed by atoms with van der Waals surface area (Å²) in [7, 11) is -5.39. The second-order valence-corrected chi connectivity index (χ2v) is 7.23. The van der Waals surface area contributed by atoms with Gasteiger partial charge in [-0.05, 0) is 0 Å². The molecule has 0 spiro atoms. The molecule has 0 unspecified atom stereocenters. The van der Waals surface area contributed by atoms with Gasteiger partial charge in [0.05, 0.1) is 0 Å². The molecule has 2 aliphatic carbocycles. The van der Waals surface area contributed by atoms with Crippen LogP contribution in [0, 0.1) is 0 Å². The summed E-state index contributed by atoms with van der Waals surface area (Å²) >= 11 is 0. The topological polar surface area (TPSA) is 329 Å². The van der Waals surface area contributed by atoms with Gasteiger partial charge in [-0.1, -0.05) is 0 Å². The summed E-state index contributed by atoms with van der Waals surface area (Å²) in [5, 5.41) is 108. The Bertz CT molecular complexity index is 383. The van der Waals surface area contributed by atoms with E-state index < -0.39 is 81.1 Å². The van der Waals surface area contributed by atoms with Gasteiger partial charge >= 0.3 is 154 Å². The van der Waals surface area contributed by atoms with Crippen molar-refractivity contribution in [2.75, 3.05) is 0 Å². The van der Waals surface area contributed by atoms with E-state index in [1.807, 2.05) is 0 Å². The quantitative estimate of drug-likeness (QED) is 0.0946. The normalized spacial score (nSPS) is 43.5. The van der Waals surface area contributed by atoms with Crippen molar-refractivity contribution in [2.24, 2.45) is 0 Å². The monoisotopic (exact) mass is 572 g/mol.